The Morgan fingerprint density at radius 2 is 2.14 bits per heavy atom. The van der Waals surface area contributed by atoms with E-state index in [1.807, 2.05) is 6.07 Å². The van der Waals surface area contributed by atoms with Gasteiger partial charge in [0.1, 0.15) is 5.76 Å². The lowest BCUT2D eigenvalue weighted by Crippen LogP contribution is -2.57. The van der Waals surface area contributed by atoms with Crippen LogP contribution in [0.1, 0.15) is 31.4 Å². The first-order chi connectivity index (χ1) is 10.3. The summed E-state index contributed by atoms with van der Waals surface area (Å²) in [6.45, 7) is 7.27. The minimum absolute atomic E-state index is 0.409. The normalized spacial score (nSPS) is 24.2. The molecule has 2 aliphatic rings. The maximum Gasteiger partial charge on any atom is 0.103 e. The van der Waals surface area contributed by atoms with E-state index in [4.69, 9.17) is 4.42 Å². The van der Waals surface area contributed by atoms with Gasteiger partial charge in [-0.2, -0.15) is 0 Å². The minimum atomic E-state index is 0.409. The van der Waals surface area contributed by atoms with Crippen LogP contribution in [0.15, 0.2) is 22.8 Å². The summed E-state index contributed by atoms with van der Waals surface area (Å²) in [5.74, 6) is 1.12. The van der Waals surface area contributed by atoms with E-state index in [0.29, 0.717) is 5.54 Å². The number of piperidine rings is 1. The molecule has 0 amide bonds. The molecule has 3 heterocycles. The zero-order valence-corrected chi connectivity index (χ0v) is 13.3. The van der Waals surface area contributed by atoms with Crippen LogP contribution in [0.4, 0.5) is 0 Å². The number of likely N-dealkylation sites (N-methyl/N-ethyl adjacent to an activating group) is 1. The topological polar surface area (TPSA) is 31.6 Å². The quantitative estimate of drug-likeness (QED) is 0.919. The Balaban J connectivity index is 1.54. The van der Waals surface area contributed by atoms with Crippen molar-refractivity contribution < 1.29 is 4.42 Å². The average Bonchev–Trinajstić information content (AvgIpc) is 2.96. The molecule has 0 radical (unpaired) electrons. The van der Waals surface area contributed by atoms with Gasteiger partial charge in [0.15, 0.2) is 0 Å². The predicted molar refractivity (Wildman–Crippen MR) is 85.6 cm³/mol. The molecular formula is C17H29N3O. The highest BCUT2D eigenvalue weighted by molar-refractivity contribution is 4.99. The Hall–Kier alpha value is -0.840. The fraction of sp³-hybridized carbons (Fsp3) is 0.765. The molecule has 1 spiro atoms. The summed E-state index contributed by atoms with van der Waals surface area (Å²) < 4.78 is 5.44. The van der Waals surface area contributed by atoms with Gasteiger partial charge in [0, 0.05) is 18.5 Å². The molecule has 0 saturated carbocycles. The lowest BCUT2D eigenvalue weighted by atomic mass is 9.86. The molecule has 21 heavy (non-hydrogen) atoms. The zero-order valence-electron chi connectivity index (χ0n) is 13.3. The molecular weight excluding hydrogens is 262 g/mol. The summed E-state index contributed by atoms with van der Waals surface area (Å²) in [6, 6.07) is 4.07. The van der Waals surface area contributed by atoms with Crippen LogP contribution in [0.25, 0.3) is 0 Å². The molecule has 0 bridgehead atoms. The van der Waals surface area contributed by atoms with Crippen LogP contribution in [-0.2, 0) is 6.42 Å². The van der Waals surface area contributed by atoms with Crippen molar-refractivity contribution in [2.24, 2.45) is 0 Å². The second-order valence-corrected chi connectivity index (χ2v) is 6.71. The number of aryl methyl sites for hydroxylation is 1. The molecule has 0 aliphatic carbocycles. The van der Waals surface area contributed by atoms with Crippen molar-refractivity contribution >= 4 is 0 Å². The van der Waals surface area contributed by atoms with E-state index < -0.39 is 0 Å². The first-order valence-electron chi connectivity index (χ1n) is 8.45. The highest BCUT2D eigenvalue weighted by Gasteiger charge is 2.38. The number of rotatable bonds is 4. The van der Waals surface area contributed by atoms with E-state index in [9.17, 15) is 0 Å². The maximum atomic E-state index is 5.44. The average molecular weight is 291 g/mol. The number of nitrogens with one attached hydrogen (secondary N) is 1. The van der Waals surface area contributed by atoms with E-state index in [1.54, 1.807) is 6.26 Å². The Morgan fingerprint density at radius 3 is 2.90 bits per heavy atom. The lowest BCUT2D eigenvalue weighted by molar-refractivity contribution is 0.0654. The van der Waals surface area contributed by atoms with Gasteiger partial charge < -0.3 is 14.6 Å². The Bertz CT molecular complexity index is 412. The third kappa shape index (κ3) is 3.68. The van der Waals surface area contributed by atoms with Crippen molar-refractivity contribution in [2.75, 3.05) is 46.3 Å². The van der Waals surface area contributed by atoms with E-state index in [-0.39, 0.29) is 0 Å². The summed E-state index contributed by atoms with van der Waals surface area (Å²) >= 11 is 0. The summed E-state index contributed by atoms with van der Waals surface area (Å²) in [6.07, 6.45) is 7.92. The van der Waals surface area contributed by atoms with Crippen LogP contribution in [0.3, 0.4) is 0 Å². The van der Waals surface area contributed by atoms with Gasteiger partial charge in [-0.25, -0.2) is 0 Å². The monoisotopic (exact) mass is 291 g/mol. The second-order valence-electron chi connectivity index (χ2n) is 6.71. The Labute approximate surface area is 128 Å². The first-order valence-corrected chi connectivity index (χ1v) is 8.45. The van der Waals surface area contributed by atoms with Crippen LogP contribution >= 0.6 is 0 Å². The standard InChI is InChI=1S/C17H29N3O/c1-19-11-4-13-20(12-2-5-16-6-3-14-21-16)15-17(19)7-9-18-10-8-17/h3,6,14,18H,2,4-5,7-13,15H2,1H3. The lowest BCUT2D eigenvalue weighted by Gasteiger charge is -2.45. The van der Waals surface area contributed by atoms with Gasteiger partial charge in [0.25, 0.3) is 0 Å². The van der Waals surface area contributed by atoms with E-state index in [0.717, 1.165) is 12.2 Å². The summed E-state index contributed by atoms with van der Waals surface area (Å²) in [5.41, 5.74) is 0.409. The zero-order chi connectivity index (χ0) is 14.5. The van der Waals surface area contributed by atoms with Gasteiger partial charge in [0.2, 0.25) is 0 Å². The molecule has 1 N–H and O–H groups in total. The third-order valence-electron chi connectivity index (χ3n) is 5.31. The SMILES string of the molecule is CN1CCCN(CCCc2ccco2)CC12CCNCC2. The van der Waals surface area contributed by atoms with Gasteiger partial charge in [0.05, 0.1) is 6.26 Å². The molecule has 2 aliphatic heterocycles. The highest BCUT2D eigenvalue weighted by Crippen LogP contribution is 2.28. The van der Waals surface area contributed by atoms with Crippen molar-refractivity contribution in [1.29, 1.82) is 0 Å². The van der Waals surface area contributed by atoms with Crippen molar-refractivity contribution in [2.45, 2.75) is 37.6 Å². The summed E-state index contributed by atoms with van der Waals surface area (Å²) in [5, 5.41) is 3.52. The van der Waals surface area contributed by atoms with Crippen LogP contribution < -0.4 is 5.32 Å². The number of nitrogens with zero attached hydrogens (tertiary/aromatic N) is 2. The van der Waals surface area contributed by atoms with Crippen molar-refractivity contribution in [1.82, 2.24) is 15.1 Å². The van der Waals surface area contributed by atoms with Gasteiger partial charge in [-0.3, -0.25) is 4.90 Å². The van der Waals surface area contributed by atoms with Crippen LogP contribution in [0.5, 0.6) is 0 Å². The summed E-state index contributed by atoms with van der Waals surface area (Å²) in [4.78, 5) is 5.33. The number of hydrogen-bond donors (Lipinski definition) is 1. The van der Waals surface area contributed by atoms with E-state index in [2.05, 4.69) is 28.2 Å². The van der Waals surface area contributed by atoms with Gasteiger partial charge >= 0.3 is 0 Å². The molecule has 1 aromatic heterocycles. The van der Waals surface area contributed by atoms with Crippen molar-refractivity contribution in [3.63, 3.8) is 0 Å². The molecule has 3 rings (SSSR count). The van der Waals surface area contributed by atoms with Crippen LogP contribution in [0.2, 0.25) is 0 Å². The highest BCUT2D eigenvalue weighted by atomic mass is 16.3. The van der Waals surface area contributed by atoms with E-state index >= 15 is 0 Å². The second kappa shape index (κ2) is 6.95. The van der Waals surface area contributed by atoms with Gasteiger partial charge in [-0.1, -0.05) is 0 Å². The van der Waals surface area contributed by atoms with E-state index in [1.165, 1.54) is 65.0 Å². The predicted octanol–water partition coefficient (Wildman–Crippen LogP) is 1.97. The fourth-order valence-corrected chi connectivity index (χ4v) is 3.94. The fourth-order valence-electron chi connectivity index (χ4n) is 3.94. The molecule has 1 aromatic rings. The van der Waals surface area contributed by atoms with Crippen molar-refractivity contribution in [3.8, 4) is 0 Å². The molecule has 0 unspecified atom stereocenters. The first kappa shape index (κ1) is 15.1. The molecule has 2 saturated heterocycles. The molecule has 0 aromatic carbocycles. The molecule has 4 heteroatoms. The van der Waals surface area contributed by atoms with Gasteiger partial charge in [-0.05, 0) is 77.6 Å². The molecule has 2 fully saturated rings. The molecule has 4 nitrogen and oxygen atoms in total. The molecule has 0 atom stereocenters. The third-order valence-corrected chi connectivity index (χ3v) is 5.31. The van der Waals surface area contributed by atoms with Crippen LogP contribution in [0, 0.1) is 0 Å². The maximum absolute atomic E-state index is 5.44. The Morgan fingerprint density at radius 1 is 1.29 bits per heavy atom. The Kier molecular flexibility index (Phi) is 4.99. The van der Waals surface area contributed by atoms with Gasteiger partial charge in [-0.15, -0.1) is 0 Å². The smallest absolute Gasteiger partial charge is 0.103 e. The molecule has 118 valence electrons. The number of furan rings is 1. The summed E-state index contributed by atoms with van der Waals surface area (Å²) in [7, 11) is 2.33. The number of hydrogen-bond acceptors (Lipinski definition) is 4. The van der Waals surface area contributed by atoms with Crippen LogP contribution in [-0.4, -0.2) is 61.7 Å². The largest absolute Gasteiger partial charge is 0.469 e. The minimum Gasteiger partial charge on any atom is -0.469 e. The van der Waals surface area contributed by atoms with Crippen molar-refractivity contribution in [3.05, 3.63) is 24.2 Å².